The molecular weight excluding hydrogens is 337 g/mol. The fourth-order valence-electron chi connectivity index (χ4n) is 2.36. The zero-order chi connectivity index (χ0) is 19.1. The molecule has 7 heteroatoms. The lowest BCUT2D eigenvalue weighted by molar-refractivity contribution is -0.133. The van der Waals surface area contributed by atoms with Gasteiger partial charge in [-0.1, -0.05) is 24.3 Å². The molecule has 136 valence electrons. The molecule has 0 saturated carbocycles. The molecule has 2 aromatic carbocycles. The number of amides is 3. The predicted octanol–water partition coefficient (Wildman–Crippen LogP) is 2.77. The zero-order valence-corrected chi connectivity index (χ0v) is 14.6. The molecule has 26 heavy (non-hydrogen) atoms. The van der Waals surface area contributed by atoms with Gasteiger partial charge in [-0.2, -0.15) is 0 Å². The average Bonchev–Trinajstić information content (AvgIpc) is 2.55. The second-order valence-corrected chi connectivity index (χ2v) is 5.78. The number of nitrogens with one attached hydrogen (secondary N) is 2. The smallest absolute Gasteiger partial charge is 0.244 e. The first kappa shape index (κ1) is 19.1. The highest BCUT2D eigenvalue weighted by molar-refractivity contribution is 5.95. The normalized spacial score (nSPS) is 10.1. The molecule has 2 N–H and O–H groups in total. The molecule has 0 fully saturated rings. The minimum Gasteiger partial charge on any atom is -0.329 e. The molecule has 6 nitrogen and oxygen atoms in total. The van der Waals surface area contributed by atoms with Crippen LogP contribution in [0.2, 0.25) is 0 Å². The molecule has 0 radical (unpaired) electrons. The van der Waals surface area contributed by atoms with E-state index in [1.165, 1.54) is 24.8 Å². The van der Waals surface area contributed by atoms with Crippen molar-refractivity contribution in [2.24, 2.45) is 0 Å². The van der Waals surface area contributed by atoms with Gasteiger partial charge < -0.3 is 15.5 Å². The molecule has 0 heterocycles. The van der Waals surface area contributed by atoms with Gasteiger partial charge in [-0.25, -0.2) is 4.39 Å². The number of hydrogen-bond donors (Lipinski definition) is 2. The summed E-state index contributed by atoms with van der Waals surface area (Å²) in [6.45, 7) is 2.50. The predicted molar refractivity (Wildman–Crippen MR) is 96.9 cm³/mol. The van der Waals surface area contributed by atoms with Crippen molar-refractivity contribution < 1.29 is 18.8 Å². The molecule has 0 atom stereocenters. The lowest BCUT2D eigenvalue weighted by atomic mass is 10.2. The van der Waals surface area contributed by atoms with E-state index in [0.717, 1.165) is 0 Å². The Morgan fingerprint density at radius 1 is 0.962 bits per heavy atom. The van der Waals surface area contributed by atoms with Gasteiger partial charge in [0.2, 0.25) is 17.7 Å². The van der Waals surface area contributed by atoms with Gasteiger partial charge in [0.15, 0.2) is 0 Å². The standard InChI is InChI=1S/C19H20FN3O3/c1-13(24)21-16-7-5-8-17(10-16)22-19(26)12-23(14(2)25)11-15-6-3-4-9-18(15)20/h3-10H,11-12H2,1-2H3,(H,21,24)(H,22,26). The molecular formula is C19H20FN3O3. The van der Waals surface area contributed by atoms with E-state index in [-0.39, 0.29) is 24.9 Å². The van der Waals surface area contributed by atoms with Crippen LogP contribution in [-0.4, -0.2) is 29.2 Å². The van der Waals surface area contributed by atoms with Crippen LogP contribution in [0, 0.1) is 5.82 Å². The first-order chi connectivity index (χ1) is 12.3. The number of nitrogens with zero attached hydrogens (tertiary/aromatic N) is 1. The van der Waals surface area contributed by atoms with Crippen LogP contribution in [0.3, 0.4) is 0 Å². The van der Waals surface area contributed by atoms with Gasteiger partial charge in [0.1, 0.15) is 12.4 Å². The van der Waals surface area contributed by atoms with E-state index in [1.807, 2.05) is 0 Å². The molecule has 3 amide bonds. The number of benzene rings is 2. The van der Waals surface area contributed by atoms with Gasteiger partial charge in [0, 0.05) is 37.3 Å². The Balaban J connectivity index is 2.03. The Morgan fingerprint density at radius 2 is 1.62 bits per heavy atom. The summed E-state index contributed by atoms with van der Waals surface area (Å²) < 4.78 is 13.8. The Bertz CT molecular complexity index is 823. The number of hydrogen-bond acceptors (Lipinski definition) is 3. The first-order valence-corrected chi connectivity index (χ1v) is 8.01. The summed E-state index contributed by atoms with van der Waals surface area (Å²) in [5, 5.41) is 5.28. The zero-order valence-electron chi connectivity index (χ0n) is 14.6. The van der Waals surface area contributed by atoms with Gasteiger partial charge in [-0.15, -0.1) is 0 Å². The minimum atomic E-state index is -0.429. The summed E-state index contributed by atoms with van der Waals surface area (Å²) in [7, 11) is 0. The van der Waals surface area contributed by atoms with Crippen LogP contribution >= 0.6 is 0 Å². The quantitative estimate of drug-likeness (QED) is 0.834. The van der Waals surface area contributed by atoms with Crippen molar-refractivity contribution in [3.8, 4) is 0 Å². The van der Waals surface area contributed by atoms with Crippen molar-refractivity contribution in [2.75, 3.05) is 17.2 Å². The fraction of sp³-hybridized carbons (Fsp3) is 0.211. The third-order valence-electron chi connectivity index (χ3n) is 3.57. The van der Waals surface area contributed by atoms with E-state index in [0.29, 0.717) is 16.9 Å². The highest BCUT2D eigenvalue weighted by Crippen LogP contribution is 2.15. The number of rotatable bonds is 6. The van der Waals surface area contributed by atoms with Crippen LogP contribution in [-0.2, 0) is 20.9 Å². The Hall–Kier alpha value is -3.22. The van der Waals surface area contributed by atoms with Gasteiger partial charge >= 0.3 is 0 Å². The van der Waals surface area contributed by atoms with Crippen molar-refractivity contribution in [3.05, 3.63) is 59.9 Å². The number of anilines is 2. The van der Waals surface area contributed by atoms with Crippen molar-refractivity contribution in [1.82, 2.24) is 4.90 Å². The van der Waals surface area contributed by atoms with Gasteiger partial charge in [0.05, 0.1) is 0 Å². The van der Waals surface area contributed by atoms with Gasteiger partial charge in [-0.3, -0.25) is 14.4 Å². The van der Waals surface area contributed by atoms with Crippen molar-refractivity contribution in [2.45, 2.75) is 20.4 Å². The first-order valence-electron chi connectivity index (χ1n) is 8.01. The summed E-state index contributed by atoms with van der Waals surface area (Å²) >= 11 is 0. The van der Waals surface area contributed by atoms with Gasteiger partial charge in [-0.05, 0) is 24.3 Å². The number of halogens is 1. The molecule has 0 aliphatic rings. The minimum absolute atomic E-state index is 0.00135. The van der Waals surface area contributed by atoms with Crippen LogP contribution in [0.15, 0.2) is 48.5 Å². The molecule has 0 spiro atoms. The van der Waals surface area contributed by atoms with E-state index < -0.39 is 11.7 Å². The van der Waals surface area contributed by atoms with Crippen LogP contribution < -0.4 is 10.6 Å². The van der Waals surface area contributed by atoms with Crippen LogP contribution in [0.5, 0.6) is 0 Å². The molecule has 0 aromatic heterocycles. The highest BCUT2D eigenvalue weighted by atomic mass is 19.1. The summed E-state index contributed by atoms with van der Waals surface area (Å²) in [6, 6.07) is 12.8. The largest absolute Gasteiger partial charge is 0.329 e. The lowest BCUT2D eigenvalue weighted by Crippen LogP contribution is -2.36. The third kappa shape index (κ3) is 5.70. The maximum Gasteiger partial charge on any atom is 0.244 e. The second kappa shape index (κ2) is 8.75. The third-order valence-corrected chi connectivity index (χ3v) is 3.57. The summed E-state index contributed by atoms with van der Waals surface area (Å²) in [6.07, 6.45) is 0. The van der Waals surface area contributed by atoms with Crippen LogP contribution in [0.4, 0.5) is 15.8 Å². The fourth-order valence-corrected chi connectivity index (χ4v) is 2.36. The van der Waals surface area contributed by atoms with Crippen molar-refractivity contribution >= 4 is 29.1 Å². The lowest BCUT2D eigenvalue weighted by Gasteiger charge is -2.21. The Morgan fingerprint density at radius 3 is 2.23 bits per heavy atom. The molecule has 2 rings (SSSR count). The van der Waals surface area contributed by atoms with Gasteiger partial charge in [0.25, 0.3) is 0 Å². The Labute approximate surface area is 151 Å². The molecule has 0 saturated heterocycles. The molecule has 2 aromatic rings. The second-order valence-electron chi connectivity index (χ2n) is 5.78. The van der Waals surface area contributed by atoms with Crippen LogP contribution in [0.25, 0.3) is 0 Å². The average molecular weight is 357 g/mol. The van der Waals surface area contributed by atoms with E-state index in [9.17, 15) is 18.8 Å². The maximum atomic E-state index is 13.8. The molecule has 0 unspecified atom stereocenters. The number of carbonyl (C=O) groups excluding carboxylic acids is 3. The maximum absolute atomic E-state index is 13.8. The summed E-state index contributed by atoms with van der Waals surface area (Å²) in [5.74, 6) is -1.41. The monoisotopic (exact) mass is 357 g/mol. The van der Waals surface area contributed by atoms with E-state index >= 15 is 0 Å². The highest BCUT2D eigenvalue weighted by Gasteiger charge is 2.16. The van der Waals surface area contributed by atoms with Crippen molar-refractivity contribution in [1.29, 1.82) is 0 Å². The summed E-state index contributed by atoms with van der Waals surface area (Å²) in [5.41, 5.74) is 1.36. The topological polar surface area (TPSA) is 78.5 Å². The van der Waals surface area contributed by atoms with Crippen molar-refractivity contribution in [3.63, 3.8) is 0 Å². The Kier molecular flexibility index (Phi) is 6.43. The molecule has 0 bridgehead atoms. The summed E-state index contributed by atoms with van der Waals surface area (Å²) in [4.78, 5) is 36.4. The van der Waals surface area contributed by atoms with E-state index in [1.54, 1.807) is 42.5 Å². The van der Waals surface area contributed by atoms with Crippen LogP contribution in [0.1, 0.15) is 19.4 Å². The molecule has 0 aliphatic carbocycles. The van der Waals surface area contributed by atoms with E-state index in [4.69, 9.17) is 0 Å². The molecule has 0 aliphatic heterocycles. The van der Waals surface area contributed by atoms with E-state index in [2.05, 4.69) is 10.6 Å². The SMILES string of the molecule is CC(=O)Nc1cccc(NC(=O)CN(Cc2ccccc2F)C(C)=O)c1. The number of carbonyl (C=O) groups is 3.